The van der Waals surface area contributed by atoms with Gasteiger partial charge in [0.25, 0.3) is 0 Å². The van der Waals surface area contributed by atoms with Gasteiger partial charge in [0.15, 0.2) is 0 Å². The molecule has 0 bridgehead atoms. The average molecular weight is 160 g/mol. The Hall–Kier alpha value is -0.530. The van der Waals surface area contributed by atoms with Crippen LogP contribution in [0.3, 0.4) is 0 Å². The molecule has 0 saturated heterocycles. The lowest BCUT2D eigenvalue weighted by Gasteiger charge is -1.94. The highest BCUT2D eigenvalue weighted by Crippen LogP contribution is 1.96. The Balaban J connectivity index is 0. The van der Waals surface area contributed by atoms with Crippen molar-refractivity contribution in [2.45, 2.75) is 47.0 Å². The molecule has 2 nitrogen and oxygen atoms in total. The summed E-state index contributed by atoms with van der Waals surface area (Å²) in [4.78, 5) is 9.81. The molecule has 0 radical (unpaired) electrons. The molecule has 0 rings (SSSR count). The van der Waals surface area contributed by atoms with Crippen molar-refractivity contribution in [3.8, 4) is 0 Å². The highest BCUT2D eigenvalue weighted by atomic mass is 16.4. The monoisotopic (exact) mass is 160 g/mol. The van der Waals surface area contributed by atoms with Crippen molar-refractivity contribution in [3.63, 3.8) is 0 Å². The smallest absolute Gasteiger partial charge is 0.303 e. The Morgan fingerprint density at radius 1 is 1.27 bits per heavy atom. The van der Waals surface area contributed by atoms with Crippen molar-refractivity contribution < 1.29 is 9.90 Å². The van der Waals surface area contributed by atoms with E-state index in [-0.39, 0.29) is 12.3 Å². The molecule has 2 heteroatoms. The first-order chi connectivity index (χ1) is 5.04. The van der Waals surface area contributed by atoms with Crippen molar-refractivity contribution in [2.75, 3.05) is 0 Å². The molecule has 11 heavy (non-hydrogen) atoms. The second kappa shape index (κ2) is 9.47. The molecule has 0 fully saturated rings. The molecule has 0 unspecified atom stereocenters. The first-order valence-electron chi connectivity index (χ1n) is 4.26. The van der Waals surface area contributed by atoms with E-state index in [9.17, 15) is 4.79 Å². The second-order valence-corrected chi connectivity index (χ2v) is 2.99. The summed E-state index contributed by atoms with van der Waals surface area (Å²) in [6, 6.07) is 0. The SMILES string of the molecule is CC(C)CC(=O)O.CCCC. The number of aliphatic carboxylic acids is 1. The Labute approximate surface area is 69.6 Å². The van der Waals surface area contributed by atoms with Crippen LogP contribution in [0.5, 0.6) is 0 Å². The molecule has 0 spiro atoms. The van der Waals surface area contributed by atoms with Gasteiger partial charge >= 0.3 is 5.97 Å². The Kier molecular flexibility index (Phi) is 11.3. The lowest BCUT2D eigenvalue weighted by molar-refractivity contribution is -0.137. The van der Waals surface area contributed by atoms with Crippen LogP contribution in [0.25, 0.3) is 0 Å². The Morgan fingerprint density at radius 3 is 1.64 bits per heavy atom. The van der Waals surface area contributed by atoms with Gasteiger partial charge in [-0.15, -0.1) is 0 Å². The molecule has 0 amide bonds. The molecule has 0 saturated carbocycles. The van der Waals surface area contributed by atoms with Crippen LogP contribution in [0.2, 0.25) is 0 Å². The van der Waals surface area contributed by atoms with E-state index in [2.05, 4.69) is 13.8 Å². The van der Waals surface area contributed by atoms with Crippen LogP contribution >= 0.6 is 0 Å². The van der Waals surface area contributed by atoms with Crippen LogP contribution in [-0.2, 0) is 4.79 Å². The molecular formula is C9H20O2. The number of hydrogen-bond donors (Lipinski definition) is 1. The van der Waals surface area contributed by atoms with Gasteiger partial charge in [-0.2, -0.15) is 0 Å². The number of carboxylic acids is 1. The summed E-state index contributed by atoms with van der Waals surface area (Å²) in [5.74, 6) is -0.438. The number of unbranched alkanes of at least 4 members (excludes halogenated alkanes) is 1. The van der Waals surface area contributed by atoms with Crippen molar-refractivity contribution in [3.05, 3.63) is 0 Å². The van der Waals surface area contributed by atoms with E-state index in [0.29, 0.717) is 0 Å². The molecule has 0 atom stereocenters. The maximum atomic E-state index is 9.81. The molecule has 0 aliphatic heterocycles. The van der Waals surface area contributed by atoms with Gasteiger partial charge in [0, 0.05) is 6.42 Å². The molecule has 68 valence electrons. The number of carboxylic acid groups (broad SMARTS) is 1. The van der Waals surface area contributed by atoms with Crippen LogP contribution in [0.15, 0.2) is 0 Å². The highest BCUT2D eigenvalue weighted by Gasteiger charge is 1.98. The fourth-order valence-electron chi connectivity index (χ4n) is 0.349. The third kappa shape index (κ3) is 26.4. The fourth-order valence-corrected chi connectivity index (χ4v) is 0.349. The van der Waals surface area contributed by atoms with E-state index in [4.69, 9.17) is 5.11 Å². The minimum Gasteiger partial charge on any atom is -0.481 e. The van der Waals surface area contributed by atoms with E-state index in [0.717, 1.165) is 0 Å². The number of carbonyl (C=O) groups is 1. The maximum absolute atomic E-state index is 9.81. The Morgan fingerprint density at radius 2 is 1.64 bits per heavy atom. The fraction of sp³-hybridized carbons (Fsp3) is 0.889. The molecule has 0 aromatic heterocycles. The van der Waals surface area contributed by atoms with E-state index < -0.39 is 5.97 Å². The van der Waals surface area contributed by atoms with Crippen LogP contribution in [0, 0.1) is 5.92 Å². The van der Waals surface area contributed by atoms with Crippen LogP contribution in [0.1, 0.15) is 47.0 Å². The van der Waals surface area contributed by atoms with Gasteiger partial charge in [-0.05, 0) is 5.92 Å². The van der Waals surface area contributed by atoms with Gasteiger partial charge in [0.2, 0.25) is 0 Å². The number of rotatable bonds is 3. The van der Waals surface area contributed by atoms with E-state index >= 15 is 0 Å². The molecule has 0 aliphatic carbocycles. The third-order valence-corrected chi connectivity index (χ3v) is 1.08. The van der Waals surface area contributed by atoms with E-state index in [1.54, 1.807) is 0 Å². The largest absolute Gasteiger partial charge is 0.481 e. The average Bonchev–Trinajstić information content (AvgIpc) is 1.85. The second-order valence-electron chi connectivity index (χ2n) is 2.99. The minimum atomic E-state index is -0.713. The summed E-state index contributed by atoms with van der Waals surface area (Å²) in [5, 5.41) is 8.08. The zero-order valence-electron chi connectivity index (χ0n) is 8.05. The maximum Gasteiger partial charge on any atom is 0.303 e. The summed E-state index contributed by atoms with van der Waals surface area (Å²) < 4.78 is 0. The van der Waals surface area contributed by atoms with Crippen molar-refractivity contribution in [2.24, 2.45) is 5.92 Å². The predicted molar refractivity (Wildman–Crippen MR) is 47.7 cm³/mol. The summed E-state index contributed by atoms with van der Waals surface area (Å²) in [6.45, 7) is 8.13. The lowest BCUT2D eigenvalue weighted by atomic mass is 10.1. The van der Waals surface area contributed by atoms with Crippen LogP contribution < -0.4 is 0 Å². The summed E-state index contributed by atoms with van der Waals surface area (Å²) in [6.07, 6.45) is 2.92. The standard InChI is InChI=1S/C5H10O2.C4H10/c1-4(2)3-5(6)7;1-3-4-2/h4H,3H2,1-2H3,(H,6,7);3-4H2,1-2H3. The van der Waals surface area contributed by atoms with Gasteiger partial charge in [-0.3, -0.25) is 4.79 Å². The summed E-state index contributed by atoms with van der Waals surface area (Å²) in [5.41, 5.74) is 0. The van der Waals surface area contributed by atoms with Crippen LogP contribution in [-0.4, -0.2) is 11.1 Å². The van der Waals surface area contributed by atoms with E-state index in [1.807, 2.05) is 13.8 Å². The van der Waals surface area contributed by atoms with Crippen LogP contribution in [0.4, 0.5) is 0 Å². The first kappa shape index (κ1) is 13.1. The van der Waals surface area contributed by atoms with Gasteiger partial charge in [-0.25, -0.2) is 0 Å². The molecule has 0 heterocycles. The first-order valence-corrected chi connectivity index (χ1v) is 4.26. The zero-order chi connectivity index (χ0) is 9.28. The molecule has 0 aromatic rings. The minimum absolute atomic E-state index is 0.275. The highest BCUT2D eigenvalue weighted by molar-refractivity contribution is 5.66. The topological polar surface area (TPSA) is 37.3 Å². The van der Waals surface area contributed by atoms with Crippen molar-refractivity contribution in [1.82, 2.24) is 0 Å². The van der Waals surface area contributed by atoms with Gasteiger partial charge < -0.3 is 5.11 Å². The van der Waals surface area contributed by atoms with E-state index in [1.165, 1.54) is 12.8 Å². The van der Waals surface area contributed by atoms with Gasteiger partial charge in [0.05, 0.1) is 0 Å². The third-order valence-electron chi connectivity index (χ3n) is 1.08. The van der Waals surface area contributed by atoms with Crippen molar-refractivity contribution in [1.29, 1.82) is 0 Å². The lowest BCUT2D eigenvalue weighted by Crippen LogP contribution is -1.99. The van der Waals surface area contributed by atoms with Gasteiger partial charge in [0.1, 0.15) is 0 Å². The van der Waals surface area contributed by atoms with Crippen molar-refractivity contribution >= 4 is 5.97 Å². The summed E-state index contributed by atoms with van der Waals surface area (Å²) >= 11 is 0. The summed E-state index contributed by atoms with van der Waals surface area (Å²) in [7, 11) is 0. The normalized spacial score (nSPS) is 8.82. The quantitative estimate of drug-likeness (QED) is 0.689. The number of hydrogen-bond acceptors (Lipinski definition) is 1. The molecule has 0 aromatic carbocycles. The Bertz CT molecular complexity index is 85.6. The molecule has 1 N–H and O–H groups in total. The zero-order valence-corrected chi connectivity index (χ0v) is 8.05. The molecular weight excluding hydrogens is 140 g/mol. The molecule has 0 aliphatic rings. The van der Waals surface area contributed by atoms with Gasteiger partial charge in [-0.1, -0.05) is 40.5 Å². The predicted octanol–water partition coefficient (Wildman–Crippen LogP) is 2.92.